The van der Waals surface area contributed by atoms with Crippen LogP contribution in [0.3, 0.4) is 0 Å². The number of rotatable bonds is 5. The Kier molecular flexibility index (Phi) is 7.16. The van der Waals surface area contributed by atoms with E-state index in [0.717, 1.165) is 72.8 Å². The Morgan fingerprint density at radius 1 is 0.623 bits per heavy atom. The quantitative estimate of drug-likeness (QED) is 0.181. The maximum Gasteiger partial charge on any atom is 0.160 e. The van der Waals surface area contributed by atoms with Gasteiger partial charge in [0, 0.05) is 49.8 Å². The second-order valence-electron chi connectivity index (χ2n) is 13.8. The summed E-state index contributed by atoms with van der Waals surface area (Å²) in [5.41, 5.74) is 12.8. The van der Waals surface area contributed by atoms with Crippen molar-refractivity contribution in [1.82, 2.24) is 14.5 Å². The van der Waals surface area contributed by atoms with Crippen molar-refractivity contribution >= 4 is 38.9 Å². The number of furan rings is 1. The van der Waals surface area contributed by atoms with Crippen LogP contribution in [0, 0.1) is 17.2 Å². The van der Waals surface area contributed by atoms with E-state index in [1.165, 1.54) is 11.3 Å². The molecule has 0 saturated heterocycles. The number of hydrogen-bond donors (Lipinski definition) is 0. The highest BCUT2D eigenvalue weighted by molar-refractivity contribution is 6.11. The van der Waals surface area contributed by atoms with Crippen molar-refractivity contribution in [3.63, 3.8) is 0 Å². The molecule has 53 heavy (non-hydrogen) atoms. The number of fused-ring (bicyclic) bond motifs is 6. The highest BCUT2D eigenvalue weighted by Crippen LogP contribution is 2.42. The number of aromatic nitrogens is 3. The monoisotopic (exact) mass is 680 g/mol. The van der Waals surface area contributed by atoms with Crippen LogP contribution in [0.1, 0.15) is 23.7 Å². The standard InChI is InChI=1S/C48H32N4O/c1-30-21-22-37-39-28-45-40(38-19-11-12-20-44(38)53-45)27-43(39)52(42(37)23-30)36-25-34(31-13-5-2-6-14-31)24-35(26-36)48-50-46(32-15-7-3-8-16-32)41(29-49)47(51-48)33-17-9-4-10-18-33/h2-22,24-28,30H,23H2,1H3. The number of nitriles is 1. The molecular formula is C48H32N4O. The molecule has 9 aromatic rings. The highest BCUT2D eigenvalue weighted by Gasteiger charge is 2.25. The molecule has 0 radical (unpaired) electrons. The Morgan fingerprint density at radius 3 is 1.92 bits per heavy atom. The highest BCUT2D eigenvalue weighted by atomic mass is 16.3. The molecule has 1 aliphatic rings. The first-order valence-corrected chi connectivity index (χ1v) is 17.9. The fourth-order valence-corrected chi connectivity index (χ4v) is 7.87. The van der Waals surface area contributed by atoms with E-state index in [1.54, 1.807) is 0 Å². The zero-order valence-electron chi connectivity index (χ0n) is 29.0. The number of hydrogen-bond acceptors (Lipinski definition) is 4. The van der Waals surface area contributed by atoms with Gasteiger partial charge >= 0.3 is 0 Å². The molecule has 0 aliphatic heterocycles. The van der Waals surface area contributed by atoms with Gasteiger partial charge in [0.25, 0.3) is 0 Å². The normalized spacial score (nSPS) is 13.8. The summed E-state index contributed by atoms with van der Waals surface area (Å²) in [6.45, 7) is 2.27. The van der Waals surface area contributed by atoms with Gasteiger partial charge in [-0.25, -0.2) is 9.97 Å². The van der Waals surface area contributed by atoms with Crippen LogP contribution in [0.4, 0.5) is 0 Å². The Bertz CT molecular complexity index is 2870. The molecular weight excluding hydrogens is 649 g/mol. The largest absolute Gasteiger partial charge is 0.456 e. The second-order valence-corrected chi connectivity index (χ2v) is 13.8. The molecule has 5 heteroatoms. The molecule has 0 fully saturated rings. The smallest absolute Gasteiger partial charge is 0.160 e. The van der Waals surface area contributed by atoms with E-state index in [2.05, 4.69) is 96.4 Å². The van der Waals surface area contributed by atoms with Crippen LogP contribution in [0.25, 0.3) is 89.6 Å². The molecule has 6 aromatic carbocycles. The summed E-state index contributed by atoms with van der Waals surface area (Å²) in [6, 6.07) is 52.2. The molecule has 3 aromatic heterocycles. The average molecular weight is 681 g/mol. The summed E-state index contributed by atoms with van der Waals surface area (Å²) in [5.74, 6) is 0.942. The summed E-state index contributed by atoms with van der Waals surface area (Å²) in [5, 5.41) is 13.9. The van der Waals surface area contributed by atoms with Crippen molar-refractivity contribution in [3.05, 3.63) is 168 Å². The third kappa shape index (κ3) is 5.15. The lowest BCUT2D eigenvalue weighted by atomic mass is 9.94. The van der Waals surface area contributed by atoms with Gasteiger partial charge in [0.1, 0.15) is 22.8 Å². The van der Waals surface area contributed by atoms with E-state index < -0.39 is 0 Å². The topological polar surface area (TPSA) is 67.6 Å². The Morgan fingerprint density at radius 2 is 1.25 bits per heavy atom. The molecule has 0 amide bonds. The van der Waals surface area contributed by atoms with E-state index in [9.17, 15) is 5.26 Å². The Hall–Kier alpha value is -7.03. The van der Waals surface area contributed by atoms with Crippen LogP contribution >= 0.6 is 0 Å². The fraction of sp³-hybridized carbons (Fsp3) is 0.0625. The lowest BCUT2D eigenvalue weighted by Gasteiger charge is -2.19. The SMILES string of the molecule is CC1C=Cc2c(n(-c3cc(-c4ccccc4)cc(-c4nc(-c5ccccc5)c(C#N)c(-c5ccccc5)n4)c3)c3cc4c(cc23)oc2ccccc24)C1. The Labute approximate surface area is 306 Å². The van der Waals surface area contributed by atoms with Crippen molar-refractivity contribution in [2.45, 2.75) is 13.3 Å². The number of benzene rings is 6. The number of allylic oxidation sites excluding steroid dienone is 1. The molecule has 250 valence electrons. The molecule has 1 atom stereocenters. The molecule has 3 heterocycles. The molecule has 1 aliphatic carbocycles. The molecule has 1 unspecified atom stereocenters. The van der Waals surface area contributed by atoms with Gasteiger partial charge in [-0.2, -0.15) is 5.26 Å². The van der Waals surface area contributed by atoms with Gasteiger partial charge in [-0.15, -0.1) is 0 Å². The zero-order valence-corrected chi connectivity index (χ0v) is 29.0. The zero-order chi connectivity index (χ0) is 35.5. The fourth-order valence-electron chi connectivity index (χ4n) is 7.87. The minimum Gasteiger partial charge on any atom is -0.456 e. The lowest BCUT2D eigenvalue weighted by molar-refractivity contribution is 0.669. The summed E-state index contributed by atoms with van der Waals surface area (Å²) in [4.78, 5) is 10.4. The third-order valence-corrected chi connectivity index (χ3v) is 10.4. The van der Waals surface area contributed by atoms with Gasteiger partial charge in [-0.05, 0) is 59.9 Å². The van der Waals surface area contributed by atoms with Crippen LogP contribution in [0.5, 0.6) is 0 Å². The van der Waals surface area contributed by atoms with Crippen LogP contribution in [0.15, 0.2) is 156 Å². The minimum atomic E-state index is 0.384. The van der Waals surface area contributed by atoms with Gasteiger partial charge in [0.15, 0.2) is 5.82 Å². The van der Waals surface area contributed by atoms with E-state index >= 15 is 0 Å². The van der Waals surface area contributed by atoms with E-state index in [0.29, 0.717) is 28.7 Å². The molecule has 10 rings (SSSR count). The van der Waals surface area contributed by atoms with Crippen molar-refractivity contribution in [2.75, 3.05) is 0 Å². The lowest BCUT2D eigenvalue weighted by Crippen LogP contribution is -2.09. The van der Waals surface area contributed by atoms with Crippen molar-refractivity contribution < 1.29 is 4.42 Å². The first-order valence-electron chi connectivity index (χ1n) is 17.9. The van der Waals surface area contributed by atoms with Gasteiger partial charge in [-0.1, -0.05) is 128 Å². The predicted molar refractivity (Wildman–Crippen MR) is 215 cm³/mol. The predicted octanol–water partition coefficient (Wildman–Crippen LogP) is 12.1. The van der Waals surface area contributed by atoms with Gasteiger partial charge in [-0.3, -0.25) is 0 Å². The molecule has 5 nitrogen and oxygen atoms in total. The third-order valence-electron chi connectivity index (χ3n) is 10.4. The molecule has 0 spiro atoms. The second kappa shape index (κ2) is 12.3. The summed E-state index contributed by atoms with van der Waals surface area (Å²) >= 11 is 0. The van der Waals surface area contributed by atoms with Crippen LogP contribution in [-0.2, 0) is 6.42 Å². The maximum absolute atomic E-state index is 10.6. The maximum atomic E-state index is 10.6. The van der Waals surface area contributed by atoms with E-state index in [-0.39, 0.29) is 0 Å². The summed E-state index contributed by atoms with van der Waals surface area (Å²) in [6.07, 6.45) is 5.49. The van der Waals surface area contributed by atoms with Crippen molar-refractivity contribution in [2.24, 2.45) is 5.92 Å². The van der Waals surface area contributed by atoms with E-state index in [4.69, 9.17) is 14.4 Å². The number of nitrogens with zero attached hydrogens (tertiary/aromatic N) is 4. The molecule has 0 bridgehead atoms. The average Bonchev–Trinajstić information content (AvgIpc) is 3.74. The molecule has 0 saturated carbocycles. The van der Waals surface area contributed by atoms with Gasteiger partial charge < -0.3 is 8.98 Å². The van der Waals surface area contributed by atoms with Crippen LogP contribution < -0.4 is 0 Å². The minimum absolute atomic E-state index is 0.384. The van der Waals surface area contributed by atoms with Crippen molar-refractivity contribution in [3.8, 4) is 56.8 Å². The van der Waals surface area contributed by atoms with Crippen LogP contribution in [0.2, 0.25) is 0 Å². The number of para-hydroxylation sites is 1. The first kappa shape index (κ1) is 30.8. The first-order chi connectivity index (χ1) is 26.1. The summed E-state index contributed by atoms with van der Waals surface area (Å²) in [7, 11) is 0. The van der Waals surface area contributed by atoms with Crippen LogP contribution in [-0.4, -0.2) is 14.5 Å². The Balaban J connectivity index is 1.28. The van der Waals surface area contributed by atoms with E-state index in [1.807, 2.05) is 78.9 Å². The van der Waals surface area contributed by atoms with Gasteiger partial charge in [0.05, 0.1) is 16.9 Å². The summed E-state index contributed by atoms with van der Waals surface area (Å²) < 4.78 is 8.82. The van der Waals surface area contributed by atoms with Gasteiger partial charge in [0.2, 0.25) is 0 Å². The molecule has 0 N–H and O–H groups in total. The van der Waals surface area contributed by atoms with Crippen molar-refractivity contribution in [1.29, 1.82) is 5.26 Å².